The Kier molecular flexibility index (Phi) is 4.77. The van der Waals surface area contributed by atoms with Gasteiger partial charge >= 0.3 is 0 Å². The molecule has 10 heteroatoms. The van der Waals surface area contributed by atoms with Crippen molar-refractivity contribution >= 4 is 15.9 Å². The summed E-state index contributed by atoms with van der Waals surface area (Å²) in [6, 6.07) is 1.86. The fraction of sp³-hybridized carbons (Fsp3) is 0.588. The predicted octanol–water partition coefficient (Wildman–Crippen LogP) is 0.801. The number of fused-ring (bicyclic) bond motifs is 1. The van der Waals surface area contributed by atoms with Gasteiger partial charge in [-0.1, -0.05) is 0 Å². The van der Waals surface area contributed by atoms with Gasteiger partial charge in [-0.3, -0.25) is 14.2 Å². The summed E-state index contributed by atoms with van der Waals surface area (Å²) in [6.45, 7) is 4.83. The second-order valence-corrected chi connectivity index (χ2v) is 8.94. The van der Waals surface area contributed by atoms with E-state index in [9.17, 15) is 13.2 Å². The molecule has 1 N–H and O–H groups in total. The summed E-state index contributed by atoms with van der Waals surface area (Å²) >= 11 is 0. The number of nitrogens with one attached hydrogen (secondary N) is 1. The van der Waals surface area contributed by atoms with Crippen LogP contribution >= 0.6 is 0 Å². The van der Waals surface area contributed by atoms with Gasteiger partial charge in [0.2, 0.25) is 10.0 Å². The van der Waals surface area contributed by atoms with Crippen molar-refractivity contribution in [2.45, 2.75) is 50.1 Å². The first-order chi connectivity index (χ1) is 13.0. The summed E-state index contributed by atoms with van der Waals surface area (Å²) in [6.07, 6.45) is 5.24. The first-order valence-corrected chi connectivity index (χ1v) is 10.8. The summed E-state index contributed by atoms with van der Waals surface area (Å²) in [5.74, 6) is 0.0845. The van der Waals surface area contributed by atoms with Gasteiger partial charge < -0.3 is 5.32 Å². The molecular weight excluding hydrogens is 368 g/mol. The number of rotatable bonds is 4. The number of sulfonamides is 1. The number of nitrogens with zero attached hydrogens (tertiary/aromatic N) is 5. The SMILES string of the molecule is CCn1cc(S(=O)(=O)N2CCC(c3cc4n(n3)CCCNC4=O)CC2)cn1. The van der Waals surface area contributed by atoms with E-state index in [1.165, 1.54) is 10.5 Å². The van der Waals surface area contributed by atoms with Crippen LogP contribution in [0.2, 0.25) is 0 Å². The number of carbonyl (C=O) groups is 1. The zero-order chi connectivity index (χ0) is 19.0. The van der Waals surface area contributed by atoms with E-state index in [4.69, 9.17) is 0 Å². The Morgan fingerprint density at radius 1 is 1.26 bits per heavy atom. The summed E-state index contributed by atoms with van der Waals surface area (Å²) in [7, 11) is -3.51. The Bertz CT molecular complexity index is 940. The van der Waals surface area contributed by atoms with Crippen molar-refractivity contribution < 1.29 is 13.2 Å². The van der Waals surface area contributed by atoms with Gasteiger partial charge in [-0.05, 0) is 32.3 Å². The molecule has 27 heavy (non-hydrogen) atoms. The molecule has 1 amide bonds. The highest BCUT2D eigenvalue weighted by atomic mass is 32.2. The predicted molar refractivity (Wildman–Crippen MR) is 97.8 cm³/mol. The first-order valence-electron chi connectivity index (χ1n) is 9.37. The molecule has 4 heterocycles. The van der Waals surface area contributed by atoms with Gasteiger partial charge in [0.25, 0.3) is 5.91 Å². The zero-order valence-electron chi connectivity index (χ0n) is 15.3. The highest BCUT2D eigenvalue weighted by Crippen LogP contribution is 2.30. The molecule has 0 aliphatic carbocycles. The Hall–Kier alpha value is -2.20. The molecule has 146 valence electrons. The number of amides is 1. The summed E-state index contributed by atoms with van der Waals surface area (Å²) in [5, 5.41) is 11.6. The average Bonchev–Trinajstić information content (AvgIpc) is 3.29. The quantitative estimate of drug-likeness (QED) is 0.829. The van der Waals surface area contributed by atoms with E-state index in [1.54, 1.807) is 15.6 Å². The molecule has 4 rings (SSSR count). The van der Waals surface area contributed by atoms with Crippen molar-refractivity contribution in [2.75, 3.05) is 19.6 Å². The number of carbonyl (C=O) groups excluding carboxylic acids is 1. The molecule has 0 saturated carbocycles. The first kappa shape index (κ1) is 18.2. The largest absolute Gasteiger partial charge is 0.351 e. The number of aromatic nitrogens is 4. The molecule has 0 aromatic carbocycles. The molecule has 0 radical (unpaired) electrons. The van der Waals surface area contributed by atoms with E-state index in [2.05, 4.69) is 15.5 Å². The average molecular weight is 392 g/mol. The monoisotopic (exact) mass is 392 g/mol. The molecule has 1 fully saturated rings. The second kappa shape index (κ2) is 7.08. The highest BCUT2D eigenvalue weighted by Gasteiger charge is 2.32. The van der Waals surface area contributed by atoms with Crippen molar-refractivity contribution in [1.82, 2.24) is 29.2 Å². The molecule has 0 unspecified atom stereocenters. The van der Waals surface area contributed by atoms with Crippen LogP contribution < -0.4 is 5.32 Å². The van der Waals surface area contributed by atoms with Gasteiger partial charge in [-0.25, -0.2) is 8.42 Å². The van der Waals surface area contributed by atoms with Crippen LogP contribution in [0.4, 0.5) is 0 Å². The van der Waals surface area contributed by atoms with Crippen LogP contribution in [0, 0.1) is 0 Å². The van der Waals surface area contributed by atoms with Crippen LogP contribution in [0.1, 0.15) is 48.3 Å². The smallest absolute Gasteiger partial charge is 0.269 e. The molecule has 2 aromatic heterocycles. The van der Waals surface area contributed by atoms with Crippen molar-refractivity contribution in [2.24, 2.45) is 0 Å². The summed E-state index contributed by atoms with van der Waals surface area (Å²) < 4.78 is 30.5. The van der Waals surface area contributed by atoms with E-state index >= 15 is 0 Å². The second-order valence-electron chi connectivity index (χ2n) is 7.00. The number of hydrogen-bond donors (Lipinski definition) is 1. The topological polar surface area (TPSA) is 102 Å². The molecule has 2 aromatic rings. The van der Waals surface area contributed by atoms with Crippen molar-refractivity contribution in [3.63, 3.8) is 0 Å². The Labute approximate surface area is 158 Å². The highest BCUT2D eigenvalue weighted by molar-refractivity contribution is 7.89. The lowest BCUT2D eigenvalue weighted by molar-refractivity contribution is 0.0950. The molecule has 0 atom stereocenters. The summed E-state index contributed by atoms with van der Waals surface area (Å²) in [5.41, 5.74) is 1.49. The Morgan fingerprint density at radius 2 is 2.04 bits per heavy atom. The zero-order valence-corrected chi connectivity index (χ0v) is 16.2. The third kappa shape index (κ3) is 3.39. The minimum Gasteiger partial charge on any atom is -0.351 e. The fourth-order valence-electron chi connectivity index (χ4n) is 3.70. The normalized spacial score (nSPS) is 19.5. The standard InChI is InChI=1S/C17H24N6O3S/c1-2-21-12-14(11-19-21)27(25,26)22-8-4-13(5-9-22)15-10-16-17(24)18-6-3-7-23(16)20-15/h10-13H,2-9H2,1H3,(H,18,24). The van der Waals surface area contributed by atoms with E-state index < -0.39 is 10.0 Å². The van der Waals surface area contributed by atoms with Crippen LogP contribution in [-0.4, -0.2) is 57.8 Å². The van der Waals surface area contributed by atoms with Crippen LogP contribution in [-0.2, 0) is 23.1 Å². The van der Waals surface area contributed by atoms with Gasteiger partial charge in [0.05, 0.1) is 11.9 Å². The minimum atomic E-state index is -3.51. The Morgan fingerprint density at radius 3 is 2.74 bits per heavy atom. The lowest BCUT2D eigenvalue weighted by Gasteiger charge is -2.30. The van der Waals surface area contributed by atoms with Gasteiger partial charge in [-0.15, -0.1) is 0 Å². The molecule has 0 spiro atoms. The number of hydrogen-bond acceptors (Lipinski definition) is 5. The molecule has 2 aliphatic heterocycles. The van der Waals surface area contributed by atoms with Crippen LogP contribution in [0.15, 0.2) is 23.4 Å². The van der Waals surface area contributed by atoms with Crippen molar-refractivity contribution in [1.29, 1.82) is 0 Å². The van der Waals surface area contributed by atoms with E-state index in [-0.39, 0.29) is 16.7 Å². The van der Waals surface area contributed by atoms with Gasteiger partial charge in [-0.2, -0.15) is 14.5 Å². The van der Waals surface area contributed by atoms with Crippen molar-refractivity contribution in [3.05, 3.63) is 29.8 Å². The third-order valence-electron chi connectivity index (χ3n) is 5.31. The molecular formula is C17H24N6O3S. The van der Waals surface area contributed by atoms with E-state index in [1.807, 2.05) is 13.0 Å². The number of aryl methyl sites for hydroxylation is 2. The maximum atomic E-state index is 12.8. The maximum absolute atomic E-state index is 12.8. The van der Waals surface area contributed by atoms with E-state index in [0.29, 0.717) is 44.7 Å². The fourth-order valence-corrected chi connectivity index (χ4v) is 5.13. The number of piperidine rings is 1. The van der Waals surface area contributed by atoms with Crippen LogP contribution in [0.3, 0.4) is 0 Å². The van der Waals surface area contributed by atoms with Crippen LogP contribution in [0.5, 0.6) is 0 Å². The van der Waals surface area contributed by atoms with E-state index in [0.717, 1.165) is 18.7 Å². The molecule has 2 aliphatic rings. The third-order valence-corrected chi connectivity index (χ3v) is 7.16. The van der Waals surface area contributed by atoms with Crippen LogP contribution in [0.25, 0.3) is 0 Å². The molecule has 1 saturated heterocycles. The lowest BCUT2D eigenvalue weighted by atomic mass is 9.94. The maximum Gasteiger partial charge on any atom is 0.269 e. The lowest BCUT2D eigenvalue weighted by Crippen LogP contribution is -2.37. The van der Waals surface area contributed by atoms with Gasteiger partial charge in [0.15, 0.2) is 0 Å². The molecule has 0 bridgehead atoms. The summed E-state index contributed by atoms with van der Waals surface area (Å²) in [4.78, 5) is 12.3. The van der Waals surface area contributed by atoms with Crippen molar-refractivity contribution in [3.8, 4) is 0 Å². The minimum absolute atomic E-state index is 0.0841. The van der Waals surface area contributed by atoms with Gasteiger partial charge in [0.1, 0.15) is 10.6 Å². The van der Waals surface area contributed by atoms with Gasteiger partial charge in [0, 0.05) is 44.8 Å². The molecule has 9 nitrogen and oxygen atoms in total. The Balaban J connectivity index is 1.46.